The van der Waals surface area contributed by atoms with Crippen LogP contribution in [0, 0.1) is 0 Å². The van der Waals surface area contributed by atoms with Crippen molar-refractivity contribution in [2.45, 2.75) is 30.3 Å². The first kappa shape index (κ1) is 15.5. The maximum atomic E-state index is 12.0. The lowest BCUT2D eigenvalue weighted by Crippen LogP contribution is -2.23. The highest BCUT2D eigenvalue weighted by Crippen LogP contribution is 2.29. The van der Waals surface area contributed by atoms with E-state index in [0.29, 0.717) is 11.7 Å². The summed E-state index contributed by atoms with van der Waals surface area (Å²) in [5.74, 6) is 3.45. The number of hydrogen-bond acceptors (Lipinski definition) is 7. The fourth-order valence-electron chi connectivity index (χ4n) is 2.22. The van der Waals surface area contributed by atoms with Gasteiger partial charge in [-0.3, -0.25) is 0 Å². The second kappa shape index (κ2) is 6.39. The average Bonchev–Trinajstić information content (AvgIpc) is 3.15. The van der Waals surface area contributed by atoms with Gasteiger partial charge in [-0.2, -0.15) is 16.7 Å². The zero-order valence-corrected chi connectivity index (χ0v) is 13.7. The second-order valence-corrected chi connectivity index (χ2v) is 8.07. The van der Waals surface area contributed by atoms with Gasteiger partial charge in [-0.25, -0.2) is 18.1 Å². The van der Waals surface area contributed by atoms with Crippen molar-refractivity contribution < 1.29 is 12.9 Å². The number of aromatic nitrogens is 4. The number of hydrogen-bond donors (Lipinski definition) is 1. The van der Waals surface area contributed by atoms with Crippen LogP contribution < -0.4 is 4.72 Å². The Morgan fingerprint density at radius 2 is 2.23 bits per heavy atom. The van der Waals surface area contributed by atoms with Gasteiger partial charge in [-0.05, 0) is 24.3 Å². The fourth-order valence-corrected chi connectivity index (χ4v) is 4.28. The van der Waals surface area contributed by atoms with Crippen LogP contribution in [0.1, 0.15) is 30.5 Å². The maximum Gasteiger partial charge on any atom is 0.260 e. The summed E-state index contributed by atoms with van der Waals surface area (Å²) in [6.45, 7) is -0.0343. The highest BCUT2D eigenvalue weighted by atomic mass is 32.2. The molecule has 1 saturated heterocycles. The van der Waals surface area contributed by atoms with E-state index in [-0.39, 0.29) is 17.5 Å². The Kier molecular flexibility index (Phi) is 4.50. The molecule has 2 aromatic heterocycles. The monoisotopic (exact) mass is 343 g/mol. The molecule has 0 unspecified atom stereocenters. The minimum absolute atomic E-state index is 0.0287. The molecular formula is C12H17N5O3S2. The lowest BCUT2D eigenvalue weighted by Gasteiger charge is -2.17. The Morgan fingerprint density at radius 1 is 1.45 bits per heavy atom. The summed E-state index contributed by atoms with van der Waals surface area (Å²) >= 11 is 1.93. The van der Waals surface area contributed by atoms with E-state index in [1.807, 2.05) is 11.8 Å². The molecule has 0 amide bonds. The van der Waals surface area contributed by atoms with Crippen molar-refractivity contribution in [3.05, 3.63) is 24.2 Å². The Labute approximate surface area is 132 Å². The highest BCUT2D eigenvalue weighted by molar-refractivity contribution is 7.99. The van der Waals surface area contributed by atoms with Gasteiger partial charge >= 0.3 is 0 Å². The van der Waals surface area contributed by atoms with Crippen LogP contribution in [0.2, 0.25) is 0 Å². The quantitative estimate of drug-likeness (QED) is 0.860. The van der Waals surface area contributed by atoms with E-state index < -0.39 is 10.0 Å². The van der Waals surface area contributed by atoms with Crippen LogP contribution in [0.25, 0.3) is 0 Å². The molecule has 1 fully saturated rings. The molecular weight excluding hydrogens is 326 g/mol. The number of thioether (sulfide) groups is 1. The van der Waals surface area contributed by atoms with E-state index in [4.69, 9.17) is 4.52 Å². The Hall–Kier alpha value is -1.39. The lowest BCUT2D eigenvalue weighted by atomic mass is 10.0. The molecule has 0 atom stereocenters. The van der Waals surface area contributed by atoms with Crippen LogP contribution in [-0.4, -0.2) is 39.6 Å². The van der Waals surface area contributed by atoms with Gasteiger partial charge in [0.25, 0.3) is 10.0 Å². The van der Waals surface area contributed by atoms with Gasteiger partial charge < -0.3 is 9.09 Å². The number of rotatable bonds is 5. The van der Waals surface area contributed by atoms with E-state index in [9.17, 15) is 8.42 Å². The molecule has 0 radical (unpaired) electrons. The molecule has 3 heterocycles. The molecule has 1 aliphatic rings. The van der Waals surface area contributed by atoms with Crippen molar-refractivity contribution >= 4 is 21.8 Å². The van der Waals surface area contributed by atoms with E-state index in [2.05, 4.69) is 19.8 Å². The van der Waals surface area contributed by atoms with Crippen LogP contribution in [0.4, 0.5) is 0 Å². The van der Waals surface area contributed by atoms with Crippen molar-refractivity contribution in [2.75, 3.05) is 11.5 Å². The van der Waals surface area contributed by atoms with E-state index in [1.54, 1.807) is 11.6 Å². The molecule has 1 aliphatic heterocycles. The molecule has 10 heteroatoms. The highest BCUT2D eigenvalue weighted by Gasteiger charge is 2.22. The molecule has 120 valence electrons. The first-order valence-electron chi connectivity index (χ1n) is 6.92. The number of aryl methyl sites for hydroxylation is 1. The summed E-state index contributed by atoms with van der Waals surface area (Å²) < 4.78 is 33.2. The third-order valence-electron chi connectivity index (χ3n) is 3.44. The maximum absolute atomic E-state index is 12.0. The summed E-state index contributed by atoms with van der Waals surface area (Å²) in [6.07, 6.45) is 4.92. The van der Waals surface area contributed by atoms with Gasteiger partial charge in [0.1, 0.15) is 0 Å². The van der Waals surface area contributed by atoms with Crippen LogP contribution in [0.15, 0.2) is 22.1 Å². The van der Waals surface area contributed by atoms with Crippen molar-refractivity contribution in [3.63, 3.8) is 0 Å². The normalized spacial score (nSPS) is 17.0. The summed E-state index contributed by atoms with van der Waals surface area (Å²) in [5.41, 5.74) is 0. The molecule has 0 aliphatic carbocycles. The third-order valence-corrected chi connectivity index (χ3v) is 5.77. The van der Waals surface area contributed by atoms with Gasteiger partial charge in [-0.1, -0.05) is 5.16 Å². The van der Waals surface area contributed by atoms with Crippen LogP contribution >= 0.6 is 11.8 Å². The number of nitrogens with zero attached hydrogens (tertiary/aromatic N) is 4. The van der Waals surface area contributed by atoms with Gasteiger partial charge in [0.05, 0.1) is 12.9 Å². The molecule has 0 spiro atoms. The smallest absolute Gasteiger partial charge is 0.260 e. The predicted molar refractivity (Wildman–Crippen MR) is 80.8 cm³/mol. The first-order valence-corrected chi connectivity index (χ1v) is 9.56. The average molecular weight is 343 g/mol. The lowest BCUT2D eigenvalue weighted by molar-refractivity contribution is 0.365. The summed E-state index contributed by atoms with van der Waals surface area (Å²) in [4.78, 5) is 8.12. The predicted octanol–water partition coefficient (Wildman–Crippen LogP) is 0.892. The summed E-state index contributed by atoms with van der Waals surface area (Å²) in [7, 11) is -1.96. The number of sulfonamides is 1. The molecule has 0 aromatic carbocycles. The number of imidazole rings is 1. The standard InChI is InChI=1S/C12H17N5O3S2/c1-17-7-11(13-8-17)22(18,19)14-6-10-15-12(16-20-10)9-2-4-21-5-3-9/h7-9,14H,2-6H2,1H3. The van der Waals surface area contributed by atoms with Gasteiger partial charge in [0.2, 0.25) is 5.89 Å². The molecule has 0 bridgehead atoms. The van der Waals surface area contributed by atoms with Crippen LogP contribution in [0.5, 0.6) is 0 Å². The SMILES string of the molecule is Cn1cnc(S(=O)(=O)NCc2nc(C3CCSCC3)no2)c1. The fraction of sp³-hybridized carbons (Fsp3) is 0.583. The van der Waals surface area contributed by atoms with Gasteiger partial charge in [0, 0.05) is 19.2 Å². The Balaban J connectivity index is 1.63. The van der Waals surface area contributed by atoms with Crippen molar-refractivity contribution in [2.24, 2.45) is 7.05 Å². The molecule has 3 rings (SSSR count). The topological polar surface area (TPSA) is 103 Å². The Bertz CT molecular complexity index is 734. The van der Waals surface area contributed by atoms with E-state index in [1.165, 1.54) is 12.5 Å². The zero-order chi connectivity index (χ0) is 15.6. The Morgan fingerprint density at radius 3 is 2.91 bits per heavy atom. The third kappa shape index (κ3) is 3.50. The van der Waals surface area contributed by atoms with Crippen LogP contribution in [0.3, 0.4) is 0 Å². The van der Waals surface area contributed by atoms with Gasteiger partial charge in [0.15, 0.2) is 10.9 Å². The minimum atomic E-state index is -3.67. The van der Waals surface area contributed by atoms with E-state index in [0.717, 1.165) is 24.3 Å². The number of nitrogens with one attached hydrogen (secondary N) is 1. The molecule has 22 heavy (non-hydrogen) atoms. The van der Waals surface area contributed by atoms with Crippen LogP contribution in [-0.2, 0) is 23.6 Å². The van der Waals surface area contributed by atoms with Crippen molar-refractivity contribution in [1.82, 2.24) is 24.4 Å². The summed E-state index contributed by atoms with van der Waals surface area (Å²) in [5, 5.41) is 3.94. The first-order chi connectivity index (χ1) is 10.5. The molecule has 2 aromatic rings. The van der Waals surface area contributed by atoms with Crippen molar-refractivity contribution in [3.8, 4) is 0 Å². The summed E-state index contributed by atoms with van der Waals surface area (Å²) in [6, 6.07) is 0. The second-order valence-electron chi connectivity index (χ2n) is 5.13. The molecule has 8 nitrogen and oxygen atoms in total. The molecule has 1 N–H and O–H groups in total. The zero-order valence-electron chi connectivity index (χ0n) is 12.1. The van der Waals surface area contributed by atoms with E-state index >= 15 is 0 Å². The molecule has 0 saturated carbocycles. The largest absolute Gasteiger partial charge is 0.339 e. The minimum Gasteiger partial charge on any atom is -0.339 e. The van der Waals surface area contributed by atoms with Crippen molar-refractivity contribution in [1.29, 1.82) is 0 Å². The van der Waals surface area contributed by atoms with Gasteiger partial charge in [-0.15, -0.1) is 0 Å².